The number of nitrogens with zero attached hydrogens (tertiary/aromatic N) is 1. The fourth-order valence-electron chi connectivity index (χ4n) is 2.41. The first-order valence-corrected chi connectivity index (χ1v) is 6.77. The van der Waals surface area contributed by atoms with Crippen molar-refractivity contribution < 1.29 is 14.8 Å². The molecule has 2 atom stereocenters. The third kappa shape index (κ3) is 3.08. The molecule has 108 valence electrons. The molecule has 1 aliphatic rings. The molecule has 0 bridgehead atoms. The minimum Gasteiger partial charge on any atom is -0.393 e. The molecule has 20 heavy (non-hydrogen) atoms. The molecule has 7 heteroatoms. The molecular weight excluding hydrogens is 284 g/mol. The average Bonchev–Trinajstić information content (AvgIpc) is 2.81. The first kappa shape index (κ1) is 14.7. The second kappa shape index (κ2) is 6.19. The lowest BCUT2D eigenvalue weighted by Gasteiger charge is -2.15. The van der Waals surface area contributed by atoms with Gasteiger partial charge in [0.15, 0.2) is 0 Å². The molecule has 0 heterocycles. The number of hydrogen-bond acceptors (Lipinski definition) is 4. The molecule has 1 aromatic rings. The van der Waals surface area contributed by atoms with Crippen molar-refractivity contribution in [2.45, 2.75) is 25.4 Å². The lowest BCUT2D eigenvalue weighted by atomic mass is 10.1. The predicted octanol–water partition coefficient (Wildman–Crippen LogP) is 2.14. The lowest BCUT2D eigenvalue weighted by Crippen LogP contribution is -2.32. The summed E-state index contributed by atoms with van der Waals surface area (Å²) in [7, 11) is 0. The van der Waals surface area contributed by atoms with E-state index in [2.05, 4.69) is 5.32 Å². The van der Waals surface area contributed by atoms with Gasteiger partial charge < -0.3 is 10.4 Å². The Kier molecular flexibility index (Phi) is 4.57. The topological polar surface area (TPSA) is 92.5 Å². The molecule has 0 saturated heterocycles. The highest BCUT2D eigenvalue weighted by Gasteiger charge is 2.26. The van der Waals surface area contributed by atoms with Crippen molar-refractivity contribution in [1.82, 2.24) is 5.32 Å². The number of halogens is 1. The highest BCUT2D eigenvalue weighted by Crippen LogP contribution is 2.28. The largest absolute Gasteiger partial charge is 0.393 e. The van der Waals surface area contributed by atoms with Crippen LogP contribution >= 0.6 is 11.6 Å². The standard InChI is InChI=1S/C13H15ClN2O4/c14-12-9(4-2-5-10(12)16(19)20)13(18)15-7-8-3-1-6-11(8)17/h2,4-5,8,11,17H,1,3,6-7H2,(H,15,18). The summed E-state index contributed by atoms with van der Waals surface area (Å²) in [5, 5.41) is 22.9. The summed E-state index contributed by atoms with van der Waals surface area (Å²) >= 11 is 5.87. The number of nitrogens with one attached hydrogen (secondary N) is 1. The molecule has 2 unspecified atom stereocenters. The summed E-state index contributed by atoms with van der Waals surface area (Å²) in [6.07, 6.45) is 2.16. The van der Waals surface area contributed by atoms with E-state index in [1.165, 1.54) is 18.2 Å². The quantitative estimate of drug-likeness (QED) is 0.658. The van der Waals surface area contributed by atoms with Gasteiger partial charge in [-0.25, -0.2) is 0 Å². The van der Waals surface area contributed by atoms with Crippen LogP contribution in [0.25, 0.3) is 0 Å². The van der Waals surface area contributed by atoms with E-state index in [-0.39, 0.29) is 22.2 Å². The van der Waals surface area contributed by atoms with Gasteiger partial charge in [0.2, 0.25) is 0 Å². The highest BCUT2D eigenvalue weighted by atomic mass is 35.5. The molecule has 0 aliphatic heterocycles. The van der Waals surface area contributed by atoms with E-state index >= 15 is 0 Å². The Morgan fingerprint density at radius 3 is 2.85 bits per heavy atom. The second-order valence-corrected chi connectivity index (χ2v) is 5.24. The number of hydrogen-bond donors (Lipinski definition) is 2. The Morgan fingerprint density at radius 1 is 1.50 bits per heavy atom. The van der Waals surface area contributed by atoms with Gasteiger partial charge >= 0.3 is 0 Å². The molecule has 0 aromatic heterocycles. The summed E-state index contributed by atoms with van der Waals surface area (Å²) in [6.45, 7) is 0.346. The minimum absolute atomic E-state index is 0.0384. The first-order chi connectivity index (χ1) is 9.50. The maximum absolute atomic E-state index is 12.0. The number of amides is 1. The fraction of sp³-hybridized carbons (Fsp3) is 0.462. The number of carbonyl (C=O) groups excluding carboxylic acids is 1. The van der Waals surface area contributed by atoms with Crippen LogP contribution < -0.4 is 5.32 Å². The molecule has 1 aliphatic carbocycles. The van der Waals surface area contributed by atoms with E-state index in [9.17, 15) is 20.0 Å². The second-order valence-electron chi connectivity index (χ2n) is 4.86. The van der Waals surface area contributed by atoms with Gasteiger partial charge in [-0.3, -0.25) is 14.9 Å². The van der Waals surface area contributed by atoms with E-state index in [1.807, 2.05) is 0 Å². The maximum Gasteiger partial charge on any atom is 0.288 e. The zero-order chi connectivity index (χ0) is 14.7. The van der Waals surface area contributed by atoms with Crippen LogP contribution in [-0.2, 0) is 0 Å². The highest BCUT2D eigenvalue weighted by molar-refractivity contribution is 6.35. The SMILES string of the molecule is O=C(NCC1CCCC1O)c1cccc([N+](=O)[O-])c1Cl. The van der Waals surface area contributed by atoms with Gasteiger partial charge in [-0.15, -0.1) is 0 Å². The van der Waals surface area contributed by atoms with E-state index in [0.717, 1.165) is 19.3 Å². The number of rotatable bonds is 4. The number of benzene rings is 1. The Labute approximate surface area is 120 Å². The number of carbonyl (C=O) groups is 1. The van der Waals surface area contributed by atoms with Crippen molar-refractivity contribution in [2.75, 3.05) is 6.54 Å². The molecule has 1 amide bonds. The fourth-order valence-corrected chi connectivity index (χ4v) is 2.69. The monoisotopic (exact) mass is 298 g/mol. The predicted molar refractivity (Wildman–Crippen MR) is 73.8 cm³/mol. The molecule has 2 N–H and O–H groups in total. The van der Waals surface area contributed by atoms with Crippen molar-refractivity contribution in [3.05, 3.63) is 38.9 Å². The van der Waals surface area contributed by atoms with Crippen LogP contribution in [0.4, 0.5) is 5.69 Å². The number of aliphatic hydroxyl groups is 1. The van der Waals surface area contributed by atoms with Crippen LogP contribution in [0.5, 0.6) is 0 Å². The third-order valence-corrected chi connectivity index (χ3v) is 3.96. The van der Waals surface area contributed by atoms with Crippen LogP contribution in [0, 0.1) is 16.0 Å². The van der Waals surface area contributed by atoms with E-state index in [4.69, 9.17) is 11.6 Å². The summed E-state index contributed by atoms with van der Waals surface area (Å²) in [6, 6.07) is 4.11. The van der Waals surface area contributed by atoms with Gasteiger partial charge in [-0.1, -0.05) is 24.1 Å². The van der Waals surface area contributed by atoms with Crippen LogP contribution in [-0.4, -0.2) is 28.6 Å². The number of nitro groups is 1. The third-order valence-electron chi connectivity index (χ3n) is 3.56. The minimum atomic E-state index is -0.625. The normalized spacial score (nSPS) is 21.7. The van der Waals surface area contributed by atoms with E-state index in [1.54, 1.807) is 0 Å². The molecule has 2 rings (SSSR count). The van der Waals surface area contributed by atoms with Crippen LogP contribution in [0.1, 0.15) is 29.6 Å². The smallest absolute Gasteiger partial charge is 0.288 e. The molecule has 1 saturated carbocycles. The number of aliphatic hydroxyl groups excluding tert-OH is 1. The molecule has 6 nitrogen and oxygen atoms in total. The zero-order valence-corrected chi connectivity index (χ0v) is 11.5. The van der Waals surface area contributed by atoms with Gasteiger partial charge in [0.1, 0.15) is 5.02 Å². The van der Waals surface area contributed by atoms with E-state index in [0.29, 0.717) is 6.54 Å². The average molecular weight is 299 g/mol. The maximum atomic E-state index is 12.0. The molecule has 1 aromatic carbocycles. The first-order valence-electron chi connectivity index (χ1n) is 6.40. The molecule has 0 spiro atoms. The lowest BCUT2D eigenvalue weighted by molar-refractivity contribution is -0.384. The van der Waals surface area contributed by atoms with Gasteiger partial charge in [0, 0.05) is 18.5 Å². The van der Waals surface area contributed by atoms with Crippen molar-refractivity contribution >= 4 is 23.2 Å². The summed E-state index contributed by atoms with van der Waals surface area (Å²) < 4.78 is 0. The van der Waals surface area contributed by atoms with Gasteiger partial charge in [-0.2, -0.15) is 0 Å². The molecule has 0 radical (unpaired) electrons. The van der Waals surface area contributed by atoms with Crippen molar-refractivity contribution in [2.24, 2.45) is 5.92 Å². The van der Waals surface area contributed by atoms with Crippen molar-refractivity contribution in [3.8, 4) is 0 Å². The summed E-state index contributed by atoms with van der Waals surface area (Å²) in [5.74, 6) is -0.422. The summed E-state index contributed by atoms with van der Waals surface area (Å²) in [5.41, 5.74) is -0.214. The van der Waals surface area contributed by atoms with E-state index < -0.39 is 16.9 Å². The van der Waals surface area contributed by atoms with Gasteiger partial charge in [-0.05, 0) is 18.9 Å². The Hall–Kier alpha value is -1.66. The van der Waals surface area contributed by atoms with Crippen LogP contribution in [0.15, 0.2) is 18.2 Å². The Bertz CT molecular complexity index is 535. The van der Waals surface area contributed by atoms with Crippen LogP contribution in [0.3, 0.4) is 0 Å². The Morgan fingerprint density at radius 2 is 2.25 bits per heavy atom. The molecule has 1 fully saturated rings. The van der Waals surface area contributed by atoms with Crippen LogP contribution in [0.2, 0.25) is 5.02 Å². The van der Waals surface area contributed by atoms with Gasteiger partial charge in [0.05, 0.1) is 16.6 Å². The Balaban J connectivity index is 2.06. The van der Waals surface area contributed by atoms with Gasteiger partial charge in [0.25, 0.3) is 11.6 Å². The number of nitro benzene ring substituents is 1. The molecular formula is C13H15ClN2O4. The van der Waals surface area contributed by atoms with Crippen molar-refractivity contribution in [1.29, 1.82) is 0 Å². The summed E-state index contributed by atoms with van der Waals surface area (Å²) in [4.78, 5) is 22.1. The zero-order valence-electron chi connectivity index (χ0n) is 10.7. The van der Waals surface area contributed by atoms with Crippen molar-refractivity contribution in [3.63, 3.8) is 0 Å².